The quantitative estimate of drug-likeness (QED) is 0.366. The van der Waals surface area contributed by atoms with Gasteiger partial charge >= 0.3 is 5.69 Å². The van der Waals surface area contributed by atoms with Crippen LogP contribution >= 0.6 is 35.0 Å². The maximum atomic E-state index is 13.8. The Hall–Kier alpha value is -2.77. The van der Waals surface area contributed by atoms with Gasteiger partial charge in [0.25, 0.3) is 5.56 Å². The molecular weight excluding hydrogens is 489 g/mol. The van der Waals surface area contributed by atoms with Crippen LogP contribution in [0.4, 0.5) is 0 Å². The molecule has 0 spiro atoms. The van der Waals surface area contributed by atoms with Gasteiger partial charge in [0, 0.05) is 27.4 Å². The highest BCUT2D eigenvalue weighted by Crippen LogP contribution is 2.42. The molecule has 172 valence electrons. The Morgan fingerprint density at radius 2 is 1.56 bits per heavy atom. The molecule has 5 nitrogen and oxygen atoms in total. The molecular formula is C26H21Cl2N3O2S. The summed E-state index contributed by atoms with van der Waals surface area (Å²) in [4.78, 5) is 27.6. The summed E-state index contributed by atoms with van der Waals surface area (Å²) in [6, 6.07) is 23.2. The van der Waals surface area contributed by atoms with Crippen molar-refractivity contribution in [2.75, 3.05) is 5.75 Å². The highest BCUT2D eigenvalue weighted by molar-refractivity contribution is 7.99. The standard InChI is InChI=1S/C26H21Cl2N3O2S/c27-19-12-6-4-10-17(19)22-15-34-25-23(18-11-5-7-13-20(18)28)24(32)30(26(33)31(22)25)14-21(29)16-8-2-1-3-9-16/h1-13,21-22H,14-15,29H2. The number of halogens is 2. The second kappa shape index (κ2) is 9.47. The first kappa shape index (κ1) is 23.0. The van der Waals surface area contributed by atoms with Crippen LogP contribution in [0.3, 0.4) is 0 Å². The summed E-state index contributed by atoms with van der Waals surface area (Å²) in [6.45, 7) is 0.0410. The molecule has 2 N–H and O–H groups in total. The molecule has 3 aromatic carbocycles. The van der Waals surface area contributed by atoms with Gasteiger partial charge in [0.15, 0.2) is 0 Å². The van der Waals surface area contributed by atoms with Crippen LogP contribution in [0.25, 0.3) is 11.1 Å². The Labute approximate surface area is 210 Å². The van der Waals surface area contributed by atoms with Gasteiger partial charge in [-0.2, -0.15) is 0 Å². The first-order valence-electron chi connectivity index (χ1n) is 10.8. The molecule has 0 saturated carbocycles. The van der Waals surface area contributed by atoms with E-state index in [1.54, 1.807) is 22.8 Å². The van der Waals surface area contributed by atoms with E-state index in [0.717, 1.165) is 11.1 Å². The minimum absolute atomic E-state index is 0.0410. The maximum absolute atomic E-state index is 13.8. The van der Waals surface area contributed by atoms with Crippen molar-refractivity contribution < 1.29 is 0 Å². The minimum Gasteiger partial charge on any atom is -0.322 e. The van der Waals surface area contributed by atoms with E-state index in [2.05, 4.69) is 0 Å². The lowest BCUT2D eigenvalue weighted by Gasteiger charge is -2.21. The molecule has 8 heteroatoms. The van der Waals surface area contributed by atoms with Crippen molar-refractivity contribution in [2.24, 2.45) is 5.73 Å². The third-order valence-corrected chi connectivity index (χ3v) is 7.86. The number of nitrogens with two attached hydrogens (primary N) is 1. The smallest absolute Gasteiger partial charge is 0.322 e. The molecule has 0 radical (unpaired) electrons. The van der Waals surface area contributed by atoms with Gasteiger partial charge in [-0.1, -0.05) is 89.9 Å². The van der Waals surface area contributed by atoms with Crippen molar-refractivity contribution in [3.05, 3.63) is 121 Å². The summed E-state index contributed by atoms with van der Waals surface area (Å²) in [7, 11) is 0. The van der Waals surface area contributed by atoms with Crippen LogP contribution in [0, 0.1) is 0 Å². The number of benzene rings is 3. The second-order valence-electron chi connectivity index (χ2n) is 8.09. The number of aromatic nitrogens is 2. The Balaban J connectivity index is 1.75. The summed E-state index contributed by atoms with van der Waals surface area (Å²) in [5.41, 5.74) is 8.31. The van der Waals surface area contributed by atoms with E-state index in [0.29, 0.717) is 32.0 Å². The van der Waals surface area contributed by atoms with Crippen molar-refractivity contribution in [3.8, 4) is 11.1 Å². The Bertz CT molecular complexity index is 1480. The highest BCUT2D eigenvalue weighted by atomic mass is 35.5. The van der Waals surface area contributed by atoms with Crippen LogP contribution in [-0.2, 0) is 6.54 Å². The number of rotatable bonds is 5. The van der Waals surface area contributed by atoms with Crippen molar-refractivity contribution in [1.82, 2.24) is 9.13 Å². The monoisotopic (exact) mass is 509 g/mol. The predicted molar refractivity (Wildman–Crippen MR) is 139 cm³/mol. The average Bonchev–Trinajstić information content (AvgIpc) is 3.28. The minimum atomic E-state index is -0.530. The maximum Gasteiger partial charge on any atom is 0.332 e. The first-order chi connectivity index (χ1) is 16.5. The van der Waals surface area contributed by atoms with Gasteiger partial charge in [0.1, 0.15) is 0 Å². The number of hydrogen-bond donors (Lipinski definition) is 1. The number of fused-ring (bicyclic) bond motifs is 1. The van der Waals surface area contributed by atoms with Gasteiger partial charge in [0.05, 0.1) is 23.2 Å². The normalized spacial score (nSPS) is 15.8. The summed E-state index contributed by atoms with van der Waals surface area (Å²) in [5, 5.41) is 1.62. The summed E-state index contributed by atoms with van der Waals surface area (Å²) >= 11 is 14.5. The fourth-order valence-corrected chi connectivity index (χ4v) is 6.15. The molecule has 0 fully saturated rings. The van der Waals surface area contributed by atoms with Crippen LogP contribution in [-0.4, -0.2) is 14.9 Å². The van der Waals surface area contributed by atoms with Gasteiger partial charge in [-0.15, -0.1) is 11.8 Å². The molecule has 2 atom stereocenters. The van der Waals surface area contributed by atoms with E-state index in [1.807, 2.05) is 60.7 Å². The lowest BCUT2D eigenvalue weighted by Crippen LogP contribution is -2.44. The van der Waals surface area contributed by atoms with E-state index in [9.17, 15) is 9.59 Å². The molecule has 0 aliphatic carbocycles. The molecule has 5 rings (SSSR count). The van der Waals surface area contributed by atoms with E-state index >= 15 is 0 Å². The van der Waals surface area contributed by atoms with Crippen molar-refractivity contribution in [1.29, 1.82) is 0 Å². The predicted octanol–water partition coefficient (Wildman–Crippen LogP) is 5.38. The largest absolute Gasteiger partial charge is 0.332 e. The second-order valence-corrected chi connectivity index (χ2v) is 9.92. The molecule has 1 aliphatic rings. The molecule has 34 heavy (non-hydrogen) atoms. The van der Waals surface area contributed by atoms with Crippen LogP contribution in [0.15, 0.2) is 93.5 Å². The van der Waals surface area contributed by atoms with Gasteiger partial charge in [-0.3, -0.25) is 13.9 Å². The summed E-state index contributed by atoms with van der Waals surface area (Å²) in [5.74, 6) is 0.574. The van der Waals surface area contributed by atoms with Crippen molar-refractivity contribution in [3.63, 3.8) is 0 Å². The molecule has 2 heterocycles. The summed E-state index contributed by atoms with van der Waals surface area (Å²) in [6.07, 6.45) is 0. The third-order valence-electron chi connectivity index (χ3n) is 6.03. The lowest BCUT2D eigenvalue weighted by atomic mass is 10.1. The molecule has 2 unspecified atom stereocenters. The van der Waals surface area contributed by atoms with Crippen LogP contribution < -0.4 is 17.0 Å². The first-order valence-corrected chi connectivity index (χ1v) is 12.5. The van der Waals surface area contributed by atoms with E-state index in [1.165, 1.54) is 16.3 Å². The van der Waals surface area contributed by atoms with Crippen LogP contribution in [0.5, 0.6) is 0 Å². The van der Waals surface area contributed by atoms with E-state index in [4.69, 9.17) is 28.9 Å². The highest BCUT2D eigenvalue weighted by Gasteiger charge is 2.33. The van der Waals surface area contributed by atoms with E-state index < -0.39 is 17.3 Å². The van der Waals surface area contributed by atoms with Gasteiger partial charge < -0.3 is 5.73 Å². The zero-order valence-corrected chi connectivity index (χ0v) is 20.4. The van der Waals surface area contributed by atoms with Crippen LogP contribution in [0.2, 0.25) is 10.0 Å². The zero-order valence-electron chi connectivity index (χ0n) is 18.0. The van der Waals surface area contributed by atoms with Gasteiger partial charge in [-0.05, 0) is 23.3 Å². The fraction of sp³-hybridized carbons (Fsp3) is 0.154. The zero-order chi connectivity index (χ0) is 23.8. The Morgan fingerprint density at radius 3 is 2.26 bits per heavy atom. The molecule has 0 bridgehead atoms. The Kier molecular flexibility index (Phi) is 6.40. The van der Waals surface area contributed by atoms with Gasteiger partial charge in [-0.25, -0.2) is 4.79 Å². The van der Waals surface area contributed by atoms with Gasteiger partial charge in [0.2, 0.25) is 0 Å². The topological polar surface area (TPSA) is 70.0 Å². The third kappa shape index (κ3) is 4.01. The molecule has 1 aromatic heterocycles. The molecule has 4 aromatic rings. The number of nitrogens with zero attached hydrogens (tertiary/aromatic N) is 2. The molecule has 0 saturated heterocycles. The number of thioether (sulfide) groups is 1. The molecule has 0 amide bonds. The SMILES string of the molecule is NC(Cn1c(=O)c(-c2ccccc2Cl)c2n(c1=O)C(c1ccccc1Cl)CS2)c1ccccc1. The summed E-state index contributed by atoms with van der Waals surface area (Å²) < 4.78 is 2.90. The fourth-order valence-electron chi connectivity index (χ4n) is 4.33. The lowest BCUT2D eigenvalue weighted by molar-refractivity contribution is 0.478. The molecule has 1 aliphatic heterocycles. The van der Waals surface area contributed by atoms with Crippen molar-refractivity contribution in [2.45, 2.75) is 23.7 Å². The van der Waals surface area contributed by atoms with Crippen LogP contribution in [0.1, 0.15) is 23.2 Å². The van der Waals surface area contributed by atoms with E-state index in [-0.39, 0.29) is 12.6 Å². The van der Waals surface area contributed by atoms with Crippen molar-refractivity contribution >= 4 is 35.0 Å². The number of hydrogen-bond acceptors (Lipinski definition) is 4. The Morgan fingerprint density at radius 1 is 0.912 bits per heavy atom. The average molecular weight is 510 g/mol.